The van der Waals surface area contributed by atoms with E-state index in [1.807, 2.05) is 18.2 Å². The molecule has 5 heteroatoms. The molecule has 0 aromatic heterocycles. The fraction of sp³-hybridized carbons (Fsp3) is 0.400. The van der Waals surface area contributed by atoms with E-state index in [-0.39, 0.29) is 6.61 Å². The van der Waals surface area contributed by atoms with Crippen molar-refractivity contribution in [1.29, 1.82) is 0 Å². The Bertz CT molecular complexity index is 314. The minimum atomic E-state index is -4.29. The Kier molecular flexibility index (Phi) is 7.89. The lowest BCUT2D eigenvalue weighted by molar-refractivity contribution is 0.273. The predicted octanol–water partition coefficient (Wildman–Crippen LogP) is 2.27. The van der Waals surface area contributed by atoms with Crippen molar-refractivity contribution in [2.75, 3.05) is 6.61 Å². The first kappa shape index (κ1) is 14.1. The standard InChI is InChI=1S/C10H16O4S/c1-2-3-4-5-6-7-8-9-10-14-15(11,12)13/h2,4-5,7-8H,1,3,6,9-10H2,(H,11,12,13). The van der Waals surface area contributed by atoms with Crippen LogP contribution in [0.25, 0.3) is 0 Å². The molecule has 0 unspecified atom stereocenters. The Morgan fingerprint density at radius 2 is 1.73 bits per heavy atom. The molecule has 0 aliphatic rings. The molecule has 0 aromatic carbocycles. The van der Waals surface area contributed by atoms with Gasteiger partial charge in [-0.3, -0.25) is 4.55 Å². The van der Waals surface area contributed by atoms with Gasteiger partial charge in [-0.1, -0.05) is 30.4 Å². The molecular weight excluding hydrogens is 216 g/mol. The first-order valence-corrected chi connectivity index (χ1v) is 5.95. The maximum Gasteiger partial charge on any atom is 0.397 e. The molecule has 15 heavy (non-hydrogen) atoms. The highest BCUT2D eigenvalue weighted by Crippen LogP contribution is 1.94. The Morgan fingerprint density at radius 1 is 1.13 bits per heavy atom. The van der Waals surface area contributed by atoms with Crippen LogP contribution >= 0.6 is 0 Å². The van der Waals surface area contributed by atoms with Crippen molar-refractivity contribution in [2.24, 2.45) is 0 Å². The molecule has 0 amide bonds. The summed E-state index contributed by atoms with van der Waals surface area (Å²) in [5.41, 5.74) is 0. The van der Waals surface area contributed by atoms with Crippen molar-refractivity contribution >= 4 is 10.4 Å². The van der Waals surface area contributed by atoms with Crippen LogP contribution in [0.3, 0.4) is 0 Å². The third kappa shape index (κ3) is 13.1. The molecule has 0 atom stereocenters. The van der Waals surface area contributed by atoms with Gasteiger partial charge >= 0.3 is 10.4 Å². The van der Waals surface area contributed by atoms with Crippen molar-refractivity contribution in [1.82, 2.24) is 0 Å². The van der Waals surface area contributed by atoms with Crippen molar-refractivity contribution in [3.05, 3.63) is 37.0 Å². The summed E-state index contributed by atoms with van der Waals surface area (Å²) in [6.07, 6.45) is 11.6. The molecule has 0 aliphatic carbocycles. The summed E-state index contributed by atoms with van der Waals surface area (Å²) in [6, 6.07) is 0. The van der Waals surface area contributed by atoms with Crippen molar-refractivity contribution in [3.63, 3.8) is 0 Å². The summed E-state index contributed by atoms with van der Waals surface area (Å²) in [5.74, 6) is 0. The summed E-state index contributed by atoms with van der Waals surface area (Å²) in [6.45, 7) is 3.54. The molecule has 0 aliphatic heterocycles. The minimum absolute atomic E-state index is 0.0360. The van der Waals surface area contributed by atoms with E-state index in [0.29, 0.717) is 6.42 Å². The first-order valence-electron chi connectivity index (χ1n) is 4.59. The highest BCUT2D eigenvalue weighted by Gasteiger charge is 2.00. The second-order valence-electron chi connectivity index (χ2n) is 2.74. The normalized spacial score (nSPS) is 12.6. The Morgan fingerprint density at radius 3 is 2.33 bits per heavy atom. The van der Waals surface area contributed by atoms with Gasteiger partial charge in [-0.2, -0.15) is 8.42 Å². The average Bonchev–Trinajstić information content (AvgIpc) is 2.14. The third-order valence-electron chi connectivity index (χ3n) is 1.43. The van der Waals surface area contributed by atoms with Crippen molar-refractivity contribution in [2.45, 2.75) is 19.3 Å². The molecule has 0 saturated carbocycles. The molecule has 86 valence electrons. The number of allylic oxidation sites excluding steroid dienone is 4. The highest BCUT2D eigenvalue weighted by molar-refractivity contribution is 7.80. The van der Waals surface area contributed by atoms with Crippen LogP contribution in [0, 0.1) is 0 Å². The molecule has 0 radical (unpaired) electrons. The first-order chi connectivity index (χ1) is 7.06. The van der Waals surface area contributed by atoms with E-state index in [2.05, 4.69) is 10.8 Å². The molecule has 0 fully saturated rings. The van der Waals surface area contributed by atoms with Crippen LogP contribution in [0.2, 0.25) is 0 Å². The quantitative estimate of drug-likeness (QED) is 0.396. The van der Waals surface area contributed by atoms with E-state index >= 15 is 0 Å². The Balaban J connectivity index is 3.44. The van der Waals surface area contributed by atoms with Gasteiger partial charge in [0, 0.05) is 0 Å². The number of hydrogen-bond acceptors (Lipinski definition) is 3. The second-order valence-corrected chi connectivity index (χ2v) is 3.83. The van der Waals surface area contributed by atoms with Gasteiger partial charge in [0.2, 0.25) is 0 Å². The lowest BCUT2D eigenvalue weighted by Gasteiger charge is -1.94. The van der Waals surface area contributed by atoms with E-state index in [1.165, 1.54) is 0 Å². The van der Waals surface area contributed by atoms with E-state index < -0.39 is 10.4 Å². The fourth-order valence-electron chi connectivity index (χ4n) is 0.803. The van der Waals surface area contributed by atoms with E-state index in [0.717, 1.165) is 12.8 Å². The van der Waals surface area contributed by atoms with Crippen molar-refractivity contribution in [3.8, 4) is 0 Å². The molecule has 0 bridgehead atoms. The largest absolute Gasteiger partial charge is 0.397 e. The van der Waals surface area contributed by atoms with Gasteiger partial charge in [-0.15, -0.1) is 6.58 Å². The van der Waals surface area contributed by atoms with Gasteiger partial charge in [0.1, 0.15) is 0 Å². The molecular formula is C10H16O4S. The second kappa shape index (κ2) is 8.40. The molecule has 0 rings (SSSR count). The lowest BCUT2D eigenvalue weighted by Crippen LogP contribution is -2.03. The zero-order chi connectivity index (χ0) is 11.6. The smallest absolute Gasteiger partial charge is 0.264 e. The van der Waals surface area contributed by atoms with E-state index in [4.69, 9.17) is 4.55 Å². The maximum atomic E-state index is 10.1. The third-order valence-corrected chi connectivity index (χ3v) is 1.89. The zero-order valence-corrected chi connectivity index (χ0v) is 9.32. The molecule has 0 saturated heterocycles. The highest BCUT2D eigenvalue weighted by atomic mass is 32.3. The fourth-order valence-corrected chi connectivity index (χ4v) is 1.11. The lowest BCUT2D eigenvalue weighted by atomic mass is 10.3. The van der Waals surface area contributed by atoms with E-state index in [9.17, 15) is 8.42 Å². The summed E-state index contributed by atoms with van der Waals surface area (Å²) in [7, 11) is -4.29. The van der Waals surface area contributed by atoms with Crippen LogP contribution in [-0.4, -0.2) is 19.6 Å². The van der Waals surface area contributed by atoms with Crippen LogP contribution in [0.5, 0.6) is 0 Å². The molecule has 1 N–H and O–H groups in total. The topological polar surface area (TPSA) is 63.6 Å². The van der Waals surface area contributed by atoms with Gasteiger partial charge in [0.25, 0.3) is 0 Å². The average molecular weight is 232 g/mol. The van der Waals surface area contributed by atoms with E-state index in [1.54, 1.807) is 12.2 Å². The number of hydrogen-bond donors (Lipinski definition) is 1. The van der Waals surface area contributed by atoms with Crippen molar-refractivity contribution < 1.29 is 17.2 Å². The Hall–Kier alpha value is -0.910. The van der Waals surface area contributed by atoms with Crippen LogP contribution in [0.1, 0.15) is 19.3 Å². The van der Waals surface area contributed by atoms with Crippen LogP contribution in [0.4, 0.5) is 0 Å². The van der Waals surface area contributed by atoms with Gasteiger partial charge in [0.15, 0.2) is 0 Å². The van der Waals surface area contributed by atoms with Crippen LogP contribution in [-0.2, 0) is 14.6 Å². The maximum absolute atomic E-state index is 10.1. The zero-order valence-electron chi connectivity index (χ0n) is 8.50. The summed E-state index contributed by atoms with van der Waals surface area (Å²) in [4.78, 5) is 0. The summed E-state index contributed by atoms with van der Waals surface area (Å²) < 4.78 is 32.6. The molecule has 0 spiro atoms. The van der Waals surface area contributed by atoms with Crippen LogP contribution in [0.15, 0.2) is 37.0 Å². The monoisotopic (exact) mass is 232 g/mol. The minimum Gasteiger partial charge on any atom is -0.264 e. The van der Waals surface area contributed by atoms with Gasteiger partial charge in [-0.25, -0.2) is 4.18 Å². The SMILES string of the molecule is C=CCC=CCC=CCCOS(=O)(=O)O. The summed E-state index contributed by atoms with van der Waals surface area (Å²) >= 11 is 0. The molecule has 4 nitrogen and oxygen atoms in total. The molecule has 0 aromatic rings. The van der Waals surface area contributed by atoms with Crippen LogP contribution < -0.4 is 0 Å². The number of rotatable bonds is 8. The predicted molar refractivity (Wildman–Crippen MR) is 59.8 cm³/mol. The Labute approximate surface area is 90.9 Å². The molecule has 0 heterocycles. The van der Waals surface area contributed by atoms with Gasteiger partial charge < -0.3 is 0 Å². The van der Waals surface area contributed by atoms with Gasteiger partial charge in [0.05, 0.1) is 6.61 Å². The van der Waals surface area contributed by atoms with Gasteiger partial charge in [-0.05, 0) is 19.3 Å². The summed E-state index contributed by atoms with van der Waals surface area (Å²) in [5, 5.41) is 0.